The summed E-state index contributed by atoms with van der Waals surface area (Å²) in [4.78, 5) is 25.3. The van der Waals surface area contributed by atoms with Gasteiger partial charge < -0.3 is 10.0 Å². The molecule has 0 unspecified atom stereocenters. The number of hydrogen-bond donors (Lipinski definition) is 2. The molecule has 0 spiro atoms. The van der Waals surface area contributed by atoms with Crippen molar-refractivity contribution in [3.8, 4) is 0 Å². The van der Waals surface area contributed by atoms with Crippen molar-refractivity contribution >= 4 is 22.9 Å². The second-order valence-corrected chi connectivity index (χ2v) is 5.61. The molecule has 0 aliphatic carbocycles. The Morgan fingerprint density at radius 3 is 2.91 bits per heavy atom. The first-order valence-electron chi connectivity index (χ1n) is 7.48. The number of aliphatic carboxylic acids is 1. The van der Waals surface area contributed by atoms with Crippen molar-refractivity contribution in [1.82, 2.24) is 20.3 Å². The summed E-state index contributed by atoms with van der Waals surface area (Å²) in [6.07, 6.45) is 3.47. The zero-order valence-corrected chi connectivity index (χ0v) is 12.2. The molecule has 0 saturated carbocycles. The summed E-state index contributed by atoms with van der Waals surface area (Å²) in [6.45, 7) is 0.681. The van der Waals surface area contributed by atoms with Crippen LogP contribution < -0.4 is 0 Å². The SMILES string of the molecule is O=C(O)CC[C@H]1CCCCN1C(=O)c1ccc2n[nH]nc2c1. The minimum absolute atomic E-state index is 0.00496. The third-order valence-corrected chi connectivity index (χ3v) is 4.14. The van der Waals surface area contributed by atoms with Crippen molar-refractivity contribution in [2.24, 2.45) is 0 Å². The minimum Gasteiger partial charge on any atom is -0.481 e. The van der Waals surface area contributed by atoms with Crippen LogP contribution in [0.2, 0.25) is 0 Å². The molecule has 116 valence electrons. The normalized spacial score (nSPS) is 18.5. The fraction of sp³-hybridized carbons (Fsp3) is 0.467. The maximum Gasteiger partial charge on any atom is 0.303 e. The summed E-state index contributed by atoms with van der Waals surface area (Å²) in [6, 6.07) is 5.24. The van der Waals surface area contributed by atoms with Crippen LogP contribution in [0.15, 0.2) is 18.2 Å². The number of piperidine rings is 1. The van der Waals surface area contributed by atoms with Gasteiger partial charge in [0, 0.05) is 24.6 Å². The Morgan fingerprint density at radius 2 is 2.09 bits per heavy atom. The summed E-state index contributed by atoms with van der Waals surface area (Å²) in [5, 5.41) is 19.4. The summed E-state index contributed by atoms with van der Waals surface area (Å²) in [5.41, 5.74) is 1.95. The van der Waals surface area contributed by atoms with Gasteiger partial charge in [0.2, 0.25) is 0 Å². The maximum absolute atomic E-state index is 12.7. The third-order valence-electron chi connectivity index (χ3n) is 4.14. The van der Waals surface area contributed by atoms with Gasteiger partial charge in [-0.05, 0) is 43.9 Å². The lowest BCUT2D eigenvalue weighted by Gasteiger charge is -2.35. The standard InChI is InChI=1S/C15H18N4O3/c20-14(21)7-5-11-3-1-2-8-19(11)15(22)10-4-6-12-13(9-10)17-18-16-12/h4,6,9,11H,1-3,5,7-8H2,(H,20,21)(H,16,17,18)/t11-/m1/s1. The summed E-state index contributed by atoms with van der Waals surface area (Å²) < 4.78 is 0. The van der Waals surface area contributed by atoms with Crippen LogP contribution in [-0.4, -0.2) is 49.9 Å². The number of nitrogens with one attached hydrogen (secondary N) is 1. The number of fused-ring (bicyclic) bond motifs is 1. The van der Waals surface area contributed by atoms with E-state index in [4.69, 9.17) is 5.11 Å². The number of carbonyl (C=O) groups is 2. The van der Waals surface area contributed by atoms with Crippen molar-refractivity contribution < 1.29 is 14.7 Å². The number of carbonyl (C=O) groups excluding carboxylic acids is 1. The highest BCUT2D eigenvalue weighted by molar-refractivity contribution is 5.97. The number of H-pyrrole nitrogens is 1. The van der Waals surface area contributed by atoms with E-state index >= 15 is 0 Å². The molecule has 1 saturated heterocycles. The molecule has 0 bridgehead atoms. The lowest BCUT2D eigenvalue weighted by molar-refractivity contribution is -0.137. The van der Waals surface area contributed by atoms with E-state index in [-0.39, 0.29) is 18.4 Å². The van der Waals surface area contributed by atoms with Gasteiger partial charge in [0.05, 0.1) is 0 Å². The van der Waals surface area contributed by atoms with Crippen LogP contribution in [0.1, 0.15) is 42.5 Å². The van der Waals surface area contributed by atoms with E-state index in [0.717, 1.165) is 24.8 Å². The molecule has 1 aliphatic heterocycles. The highest BCUT2D eigenvalue weighted by Gasteiger charge is 2.28. The van der Waals surface area contributed by atoms with E-state index in [1.165, 1.54) is 0 Å². The molecule has 0 radical (unpaired) electrons. The van der Waals surface area contributed by atoms with E-state index in [1.54, 1.807) is 18.2 Å². The molecule has 2 N–H and O–H groups in total. The topological polar surface area (TPSA) is 99.2 Å². The molecular weight excluding hydrogens is 284 g/mol. The maximum atomic E-state index is 12.7. The van der Waals surface area contributed by atoms with Crippen LogP contribution >= 0.6 is 0 Å². The molecule has 1 atom stereocenters. The number of hydrogen-bond acceptors (Lipinski definition) is 4. The van der Waals surface area contributed by atoms with Gasteiger partial charge in [-0.2, -0.15) is 15.4 Å². The lowest BCUT2D eigenvalue weighted by atomic mass is 9.97. The Hall–Kier alpha value is -2.44. The first-order chi connectivity index (χ1) is 10.6. The number of nitrogens with zero attached hydrogens (tertiary/aromatic N) is 3. The molecule has 2 aromatic rings. The lowest BCUT2D eigenvalue weighted by Crippen LogP contribution is -2.43. The number of carboxylic acid groups (broad SMARTS) is 1. The monoisotopic (exact) mass is 302 g/mol. The van der Waals surface area contributed by atoms with Crippen LogP contribution in [0.4, 0.5) is 0 Å². The number of likely N-dealkylation sites (tertiary alicyclic amines) is 1. The second-order valence-electron chi connectivity index (χ2n) is 5.61. The number of amides is 1. The predicted octanol–water partition coefficient (Wildman–Crippen LogP) is 1.82. The number of aromatic nitrogens is 3. The minimum atomic E-state index is -0.818. The van der Waals surface area contributed by atoms with Crippen LogP contribution in [0.5, 0.6) is 0 Å². The molecule has 1 amide bonds. The Morgan fingerprint density at radius 1 is 1.27 bits per heavy atom. The van der Waals surface area contributed by atoms with E-state index in [9.17, 15) is 9.59 Å². The van der Waals surface area contributed by atoms with E-state index < -0.39 is 5.97 Å². The molecular formula is C15H18N4O3. The first-order valence-corrected chi connectivity index (χ1v) is 7.48. The number of benzene rings is 1. The Balaban J connectivity index is 1.79. The Bertz CT molecular complexity index is 697. The van der Waals surface area contributed by atoms with Gasteiger partial charge in [-0.15, -0.1) is 0 Å². The quantitative estimate of drug-likeness (QED) is 0.897. The van der Waals surface area contributed by atoms with Gasteiger partial charge in [0.25, 0.3) is 5.91 Å². The zero-order chi connectivity index (χ0) is 15.5. The highest BCUT2D eigenvalue weighted by Crippen LogP contribution is 2.24. The molecule has 7 nitrogen and oxygen atoms in total. The average molecular weight is 302 g/mol. The van der Waals surface area contributed by atoms with Gasteiger partial charge in [-0.3, -0.25) is 9.59 Å². The smallest absolute Gasteiger partial charge is 0.303 e. The second kappa shape index (κ2) is 6.13. The van der Waals surface area contributed by atoms with Crippen molar-refractivity contribution in [2.75, 3.05) is 6.54 Å². The van der Waals surface area contributed by atoms with Gasteiger partial charge >= 0.3 is 5.97 Å². The fourth-order valence-corrected chi connectivity index (χ4v) is 3.00. The van der Waals surface area contributed by atoms with Crippen molar-refractivity contribution in [2.45, 2.75) is 38.1 Å². The van der Waals surface area contributed by atoms with Crippen LogP contribution in [-0.2, 0) is 4.79 Å². The molecule has 7 heteroatoms. The summed E-state index contributed by atoms with van der Waals surface area (Å²) >= 11 is 0. The molecule has 1 aliphatic rings. The van der Waals surface area contributed by atoms with E-state index in [1.807, 2.05) is 4.90 Å². The molecule has 1 aromatic carbocycles. The molecule has 1 fully saturated rings. The van der Waals surface area contributed by atoms with Crippen molar-refractivity contribution in [1.29, 1.82) is 0 Å². The number of aromatic amines is 1. The predicted molar refractivity (Wildman–Crippen MR) is 79.4 cm³/mol. The van der Waals surface area contributed by atoms with Gasteiger partial charge in [-0.1, -0.05) is 0 Å². The van der Waals surface area contributed by atoms with Gasteiger partial charge in [0.15, 0.2) is 0 Å². The largest absolute Gasteiger partial charge is 0.481 e. The molecule has 2 heterocycles. The third kappa shape index (κ3) is 2.93. The molecule has 1 aromatic heterocycles. The van der Waals surface area contributed by atoms with Crippen LogP contribution in [0.25, 0.3) is 11.0 Å². The first kappa shape index (κ1) is 14.5. The van der Waals surface area contributed by atoms with Crippen LogP contribution in [0.3, 0.4) is 0 Å². The van der Waals surface area contributed by atoms with Crippen molar-refractivity contribution in [3.05, 3.63) is 23.8 Å². The number of rotatable bonds is 4. The van der Waals surface area contributed by atoms with Crippen molar-refractivity contribution in [3.63, 3.8) is 0 Å². The van der Waals surface area contributed by atoms with Crippen LogP contribution in [0, 0.1) is 0 Å². The van der Waals surface area contributed by atoms with E-state index in [2.05, 4.69) is 15.4 Å². The Kier molecular flexibility index (Phi) is 4.04. The highest BCUT2D eigenvalue weighted by atomic mass is 16.4. The summed E-state index contributed by atoms with van der Waals surface area (Å²) in [5.74, 6) is -0.873. The van der Waals surface area contributed by atoms with Gasteiger partial charge in [0.1, 0.15) is 11.0 Å². The average Bonchev–Trinajstić information content (AvgIpc) is 3.00. The fourth-order valence-electron chi connectivity index (χ4n) is 3.00. The molecule has 3 rings (SSSR count). The molecule has 22 heavy (non-hydrogen) atoms. The zero-order valence-electron chi connectivity index (χ0n) is 12.2. The number of carboxylic acids is 1. The van der Waals surface area contributed by atoms with E-state index in [0.29, 0.717) is 24.0 Å². The summed E-state index contributed by atoms with van der Waals surface area (Å²) in [7, 11) is 0. The Labute approximate surface area is 127 Å². The van der Waals surface area contributed by atoms with Gasteiger partial charge in [-0.25, -0.2) is 0 Å².